The van der Waals surface area contributed by atoms with E-state index in [4.69, 9.17) is 9.47 Å². The average molecular weight is 252 g/mol. The molecule has 0 saturated carbocycles. The van der Waals surface area contributed by atoms with E-state index in [0.717, 1.165) is 0 Å². The van der Waals surface area contributed by atoms with E-state index in [9.17, 15) is 9.90 Å². The van der Waals surface area contributed by atoms with Crippen molar-refractivity contribution in [3.63, 3.8) is 0 Å². The number of aromatic hydroxyl groups is 1. The van der Waals surface area contributed by atoms with E-state index in [1.165, 1.54) is 0 Å². The van der Waals surface area contributed by atoms with Crippen LogP contribution < -0.4 is 4.74 Å². The van der Waals surface area contributed by atoms with Crippen molar-refractivity contribution < 1.29 is 19.4 Å². The van der Waals surface area contributed by atoms with Crippen LogP contribution >= 0.6 is 0 Å². The molecule has 1 aromatic carbocycles. The zero-order chi connectivity index (χ0) is 13.9. The molecule has 0 radical (unpaired) electrons. The smallest absolute Gasteiger partial charge is 0.344 e. The molecule has 0 unspecified atom stereocenters. The number of rotatable bonds is 3. The fourth-order valence-corrected chi connectivity index (χ4v) is 1.51. The summed E-state index contributed by atoms with van der Waals surface area (Å²) in [4.78, 5) is 11.5. The van der Waals surface area contributed by atoms with Crippen LogP contribution in [0.4, 0.5) is 0 Å². The van der Waals surface area contributed by atoms with E-state index < -0.39 is 11.6 Å². The van der Waals surface area contributed by atoms with Crippen molar-refractivity contribution in [1.82, 2.24) is 0 Å². The van der Waals surface area contributed by atoms with Gasteiger partial charge in [-0.1, -0.05) is 0 Å². The van der Waals surface area contributed by atoms with Gasteiger partial charge in [-0.25, -0.2) is 4.79 Å². The summed E-state index contributed by atoms with van der Waals surface area (Å²) >= 11 is 0. The maximum atomic E-state index is 11.5. The van der Waals surface area contributed by atoms with Gasteiger partial charge < -0.3 is 14.6 Å². The van der Waals surface area contributed by atoms with Crippen LogP contribution in [-0.2, 0) is 9.53 Å². The molecular formula is C14H20O4. The minimum Gasteiger partial charge on any atom is -0.507 e. The Hall–Kier alpha value is -1.71. The van der Waals surface area contributed by atoms with Crippen LogP contribution in [0.5, 0.6) is 11.5 Å². The van der Waals surface area contributed by atoms with Gasteiger partial charge in [0.25, 0.3) is 0 Å². The summed E-state index contributed by atoms with van der Waals surface area (Å²) in [6.45, 7) is 8.84. The van der Waals surface area contributed by atoms with Gasteiger partial charge in [0, 0.05) is 0 Å². The largest absolute Gasteiger partial charge is 0.507 e. The van der Waals surface area contributed by atoms with Gasteiger partial charge in [0.1, 0.15) is 17.1 Å². The van der Waals surface area contributed by atoms with Crippen LogP contribution in [0.1, 0.15) is 31.9 Å². The third-order valence-corrected chi connectivity index (χ3v) is 2.24. The molecule has 100 valence electrons. The van der Waals surface area contributed by atoms with Crippen molar-refractivity contribution in [1.29, 1.82) is 0 Å². The molecule has 0 amide bonds. The first kappa shape index (κ1) is 14.4. The molecule has 0 saturated heterocycles. The number of benzene rings is 1. The minimum atomic E-state index is -0.513. The second-order valence-electron chi connectivity index (χ2n) is 5.28. The number of hydrogen-bond acceptors (Lipinski definition) is 4. The minimum absolute atomic E-state index is 0.138. The predicted octanol–water partition coefficient (Wildman–Crippen LogP) is 2.73. The van der Waals surface area contributed by atoms with E-state index in [-0.39, 0.29) is 12.4 Å². The van der Waals surface area contributed by atoms with Crippen LogP contribution in [0, 0.1) is 13.8 Å². The second kappa shape index (κ2) is 5.29. The van der Waals surface area contributed by atoms with Crippen LogP contribution in [0.25, 0.3) is 0 Å². The third-order valence-electron chi connectivity index (χ3n) is 2.24. The zero-order valence-electron chi connectivity index (χ0n) is 11.5. The van der Waals surface area contributed by atoms with Crippen LogP contribution in [0.15, 0.2) is 12.1 Å². The normalized spacial score (nSPS) is 11.2. The second-order valence-corrected chi connectivity index (χ2v) is 5.28. The maximum absolute atomic E-state index is 11.5. The lowest BCUT2D eigenvalue weighted by molar-refractivity contribution is -0.157. The standard InChI is InChI=1S/C14H20O4/c1-9-6-11(7-10(2)13(9)16)17-8-12(15)18-14(3,4)5/h6-7,16H,8H2,1-5H3. The molecule has 0 aliphatic heterocycles. The number of aryl methyl sites for hydroxylation is 2. The molecule has 0 heterocycles. The molecule has 0 aliphatic carbocycles. The van der Waals surface area contributed by atoms with Crippen LogP contribution in [-0.4, -0.2) is 23.3 Å². The molecule has 4 nitrogen and oxygen atoms in total. The Morgan fingerprint density at radius 1 is 1.22 bits per heavy atom. The van der Waals surface area contributed by atoms with Gasteiger partial charge in [-0.05, 0) is 57.9 Å². The molecule has 0 bridgehead atoms. The highest BCUT2D eigenvalue weighted by molar-refractivity contribution is 5.71. The van der Waals surface area contributed by atoms with Crippen molar-refractivity contribution >= 4 is 5.97 Å². The van der Waals surface area contributed by atoms with Crippen LogP contribution in [0.2, 0.25) is 0 Å². The molecule has 0 spiro atoms. The molecule has 4 heteroatoms. The first-order chi connectivity index (χ1) is 8.19. The Kier molecular flexibility index (Phi) is 4.22. The molecule has 0 aliphatic rings. The Labute approximate surface area is 108 Å². The summed E-state index contributed by atoms with van der Waals surface area (Å²) in [6, 6.07) is 3.37. The fraction of sp³-hybridized carbons (Fsp3) is 0.500. The van der Waals surface area contributed by atoms with E-state index in [2.05, 4.69) is 0 Å². The molecule has 0 aromatic heterocycles. The molecule has 0 atom stereocenters. The number of carbonyl (C=O) groups excluding carboxylic acids is 1. The number of phenols is 1. The zero-order valence-corrected chi connectivity index (χ0v) is 11.5. The first-order valence-electron chi connectivity index (χ1n) is 5.84. The SMILES string of the molecule is Cc1cc(OCC(=O)OC(C)(C)C)cc(C)c1O. The lowest BCUT2D eigenvalue weighted by Gasteiger charge is -2.19. The highest BCUT2D eigenvalue weighted by atomic mass is 16.6. The van der Waals surface area contributed by atoms with E-state index in [0.29, 0.717) is 16.9 Å². The summed E-state index contributed by atoms with van der Waals surface area (Å²) < 4.78 is 10.5. The van der Waals surface area contributed by atoms with Crippen molar-refractivity contribution in [2.75, 3.05) is 6.61 Å². The number of carbonyl (C=O) groups is 1. The molecule has 1 N–H and O–H groups in total. The topological polar surface area (TPSA) is 55.8 Å². The average Bonchev–Trinajstić information content (AvgIpc) is 2.20. The molecule has 1 aromatic rings. The van der Waals surface area contributed by atoms with Crippen LogP contribution in [0.3, 0.4) is 0 Å². The van der Waals surface area contributed by atoms with Crippen molar-refractivity contribution in [3.8, 4) is 11.5 Å². The van der Waals surface area contributed by atoms with E-state index >= 15 is 0 Å². The highest BCUT2D eigenvalue weighted by Crippen LogP contribution is 2.26. The number of phenolic OH excluding ortho intramolecular Hbond substituents is 1. The van der Waals surface area contributed by atoms with Crippen molar-refractivity contribution in [2.24, 2.45) is 0 Å². The lowest BCUT2D eigenvalue weighted by atomic mass is 10.1. The summed E-state index contributed by atoms with van der Waals surface area (Å²) in [5.74, 6) is 0.388. The van der Waals surface area contributed by atoms with Gasteiger partial charge in [0.2, 0.25) is 0 Å². The third kappa shape index (κ3) is 4.28. The quantitative estimate of drug-likeness (QED) is 0.840. The van der Waals surface area contributed by atoms with Gasteiger partial charge in [-0.3, -0.25) is 0 Å². The highest BCUT2D eigenvalue weighted by Gasteiger charge is 2.16. The van der Waals surface area contributed by atoms with Crippen molar-refractivity contribution in [2.45, 2.75) is 40.2 Å². The summed E-state index contributed by atoms with van der Waals surface area (Å²) in [6.07, 6.45) is 0. The Morgan fingerprint density at radius 2 is 1.72 bits per heavy atom. The maximum Gasteiger partial charge on any atom is 0.344 e. The van der Waals surface area contributed by atoms with Gasteiger partial charge in [0.15, 0.2) is 6.61 Å². The Morgan fingerprint density at radius 3 is 2.17 bits per heavy atom. The summed E-state index contributed by atoms with van der Waals surface area (Å²) in [5, 5.41) is 9.61. The Bertz CT molecular complexity index is 421. The van der Waals surface area contributed by atoms with Gasteiger partial charge in [-0.15, -0.1) is 0 Å². The first-order valence-corrected chi connectivity index (χ1v) is 5.84. The van der Waals surface area contributed by atoms with E-state index in [1.807, 2.05) is 0 Å². The fourth-order valence-electron chi connectivity index (χ4n) is 1.51. The molecule has 0 fully saturated rings. The molecular weight excluding hydrogens is 232 g/mol. The monoisotopic (exact) mass is 252 g/mol. The summed E-state index contributed by atoms with van der Waals surface area (Å²) in [7, 11) is 0. The van der Waals surface area contributed by atoms with Gasteiger partial charge in [-0.2, -0.15) is 0 Å². The predicted molar refractivity (Wildman–Crippen MR) is 68.9 cm³/mol. The molecule has 1 rings (SSSR count). The lowest BCUT2D eigenvalue weighted by Crippen LogP contribution is -2.27. The van der Waals surface area contributed by atoms with Crippen molar-refractivity contribution in [3.05, 3.63) is 23.3 Å². The number of hydrogen-bond donors (Lipinski definition) is 1. The van der Waals surface area contributed by atoms with Gasteiger partial charge >= 0.3 is 5.97 Å². The van der Waals surface area contributed by atoms with Gasteiger partial charge in [0.05, 0.1) is 0 Å². The molecule has 18 heavy (non-hydrogen) atoms. The Balaban J connectivity index is 2.62. The number of esters is 1. The summed E-state index contributed by atoms with van der Waals surface area (Å²) in [5.41, 5.74) is 0.921. The number of ether oxygens (including phenoxy) is 2. The van der Waals surface area contributed by atoms with E-state index in [1.54, 1.807) is 46.8 Å².